The summed E-state index contributed by atoms with van der Waals surface area (Å²) in [5.41, 5.74) is 1.41. The molecule has 0 aromatic carbocycles. The first-order valence-corrected chi connectivity index (χ1v) is 6.65. The first-order chi connectivity index (χ1) is 7.36. The molecule has 0 amide bonds. The summed E-state index contributed by atoms with van der Waals surface area (Å²) < 4.78 is 5.42. The van der Waals surface area contributed by atoms with Crippen molar-refractivity contribution in [2.75, 3.05) is 6.61 Å². The minimum Gasteiger partial charge on any atom is -0.466 e. The fraction of sp³-hybridized carbons (Fsp3) is 0.545. The Morgan fingerprint density at radius 1 is 1.27 bits per heavy atom. The first kappa shape index (κ1) is 9.73. The second kappa shape index (κ2) is 3.83. The van der Waals surface area contributed by atoms with Crippen molar-refractivity contribution < 1.29 is 4.74 Å². The van der Waals surface area contributed by atoms with Gasteiger partial charge in [-0.25, -0.2) is 0 Å². The molecule has 0 spiro atoms. The molecule has 0 fully saturated rings. The molecular weight excluding hydrogens is 226 g/mol. The number of rotatable bonds is 0. The Balaban J connectivity index is 1.97. The monoisotopic (exact) mass is 239 g/mol. The quantitative estimate of drug-likeness (QED) is 0.601. The van der Waals surface area contributed by atoms with E-state index >= 15 is 0 Å². The highest BCUT2D eigenvalue weighted by molar-refractivity contribution is 8.07. The van der Waals surface area contributed by atoms with Crippen LogP contribution in [0, 0.1) is 0 Å². The van der Waals surface area contributed by atoms with Gasteiger partial charge in [0.2, 0.25) is 0 Å². The van der Waals surface area contributed by atoms with Crippen LogP contribution < -0.4 is 0 Å². The minimum atomic E-state index is 0.637. The molecule has 3 aliphatic rings. The topological polar surface area (TPSA) is 12.5 Å². The third-order valence-corrected chi connectivity index (χ3v) is 4.55. The molecule has 4 heteroatoms. The summed E-state index contributed by atoms with van der Waals surface area (Å²) in [6.45, 7) is 0.637. The molecular formula is C11H13NOS2. The van der Waals surface area contributed by atoms with Gasteiger partial charge in [-0.3, -0.25) is 4.90 Å². The number of thiocarbonyl (C=S) groups is 1. The van der Waals surface area contributed by atoms with E-state index in [9.17, 15) is 0 Å². The third-order valence-electron chi connectivity index (χ3n) is 3.00. The van der Waals surface area contributed by atoms with Crippen LogP contribution in [0.2, 0.25) is 0 Å². The lowest BCUT2D eigenvalue weighted by molar-refractivity contribution is 0.294. The van der Waals surface area contributed by atoms with E-state index in [4.69, 9.17) is 17.0 Å². The SMILES string of the molecule is S=C1OCC=C2SC3=C(CCCCC3)N12. The van der Waals surface area contributed by atoms with Gasteiger partial charge in [-0.15, -0.1) is 0 Å². The molecule has 80 valence electrons. The lowest BCUT2D eigenvalue weighted by Gasteiger charge is -2.26. The zero-order chi connectivity index (χ0) is 10.3. The highest BCUT2D eigenvalue weighted by Crippen LogP contribution is 2.47. The third kappa shape index (κ3) is 1.60. The van der Waals surface area contributed by atoms with Gasteiger partial charge in [0.05, 0.1) is 5.03 Å². The molecule has 15 heavy (non-hydrogen) atoms. The number of hydrogen-bond acceptors (Lipinski definition) is 3. The summed E-state index contributed by atoms with van der Waals surface area (Å²) in [6.07, 6.45) is 8.45. The molecule has 0 saturated heterocycles. The lowest BCUT2D eigenvalue weighted by Crippen LogP contribution is -2.30. The molecule has 3 rings (SSSR count). The molecule has 0 unspecified atom stereocenters. The maximum absolute atomic E-state index is 5.42. The number of thioether (sulfide) groups is 1. The van der Waals surface area contributed by atoms with Crippen LogP contribution in [-0.4, -0.2) is 16.7 Å². The van der Waals surface area contributed by atoms with Gasteiger partial charge in [0.1, 0.15) is 6.61 Å². The van der Waals surface area contributed by atoms with Crippen molar-refractivity contribution >= 4 is 29.2 Å². The molecule has 2 nitrogen and oxygen atoms in total. The second-order valence-corrected chi connectivity index (χ2v) is 5.45. The van der Waals surface area contributed by atoms with Crippen LogP contribution in [0.25, 0.3) is 0 Å². The van der Waals surface area contributed by atoms with Crippen LogP contribution in [0.1, 0.15) is 32.1 Å². The highest BCUT2D eigenvalue weighted by Gasteiger charge is 2.33. The number of ether oxygens (including phenoxy) is 1. The van der Waals surface area contributed by atoms with Crippen LogP contribution in [-0.2, 0) is 4.74 Å². The zero-order valence-electron chi connectivity index (χ0n) is 8.49. The summed E-state index contributed by atoms with van der Waals surface area (Å²) in [4.78, 5) is 3.66. The van der Waals surface area contributed by atoms with E-state index in [1.165, 1.54) is 41.3 Å². The van der Waals surface area contributed by atoms with E-state index in [0.29, 0.717) is 11.8 Å². The van der Waals surface area contributed by atoms with Crippen molar-refractivity contribution in [3.8, 4) is 0 Å². The van der Waals surface area contributed by atoms with Crippen LogP contribution in [0.5, 0.6) is 0 Å². The molecule has 0 saturated carbocycles. The van der Waals surface area contributed by atoms with Gasteiger partial charge in [-0.1, -0.05) is 18.2 Å². The summed E-state index contributed by atoms with van der Waals surface area (Å²) in [7, 11) is 0. The van der Waals surface area contributed by atoms with E-state index in [1.54, 1.807) is 0 Å². The maximum atomic E-state index is 5.42. The largest absolute Gasteiger partial charge is 0.466 e. The van der Waals surface area contributed by atoms with Gasteiger partial charge in [-0.2, -0.15) is 0 Å². The predicted octanol–water partition coefficient (Wildman–Crippen LogP) is 3.37. The Labute approximate surface area is 99.3 Å². The van der Waals surface area contributed by atoms with Crippen LogP contribution >= 0.6 is 24.0 Å². The molecule has 2 aliphatic heterocycles. The Bertz CT molecular complexity index is 373. The summed E-state index contributed by atoms with van der Waals surface area (Å²) >= 11 is 7.17. The predicted molar refractivity (Wildman–Crippen MR) is 66.2 cm³/mol. The Hall–Kier alpha value is -0.480. The van der Waals surface area contributed by atoms with E-state index in [0.717, 1.165) is 6.42 Å². The van der Waals surface area contributed by atoms with Gasteiger partial charge >= 0.3 is 0 Å². The van der Waals surface area contributed by atoms with E-state index in [2.05, 4.69) is 11.0 Å². The van der Waals surface area contributed by atoms with Gasteiger partial charge in [0.15, 0.2) is 0 Å². The van der Waals surface area contributed by atoms with Crippen LogP contribution in [0.15, 0.2) is 21.7 Å². The van der Waals surface area contributed by atoms with Crippen molar-refractivity contribution in [2.45, 2.75) is 32.1 Å². The average molecular weight is 239 g/mol. The molecule has 0 bridgehead atoms. The smallest absolute Gasteiger partial charge is 0.269 e. The Kier molecular flexibility index (Phi) is 2.48. The molecule has 0 radical (unpaired) electrons. The Morgan fingerprint density at radius 3 is 3.07 bits per heavy atom. The van der Waals surface area contributed by atoms with Gasteiger partial charge in [0, 0.05) is 10.6 Å². The highest BCUT2D eigenvalue weighted by atomic mass is 32.2. The van der Waals surface area contributed by atoms with Crippen LogP contribution in [0.3, 0.4) is 0 Å². The van der Waals surface area contributed by atoms with Gasteiger partial charge < -0.3 is 4.74 Å². The van der Waals surface area contributed by atoms with Crippen molar-refractivity contribution in [1.29, 1.82) is 0 Å². The van der Waals surface area contributed by atoms with E-state index < -0.39 is 0 Å². The molecule has 0 N–H and O–H groups in total. The molecule has 0 aromatic heterocycles. The normalized spacial score (nSPS) is 25.5. The number of fused-ring (bicyclic) bond motifs is 2. The molecule has 2 heterocycles. The summed E-state index contributed by atoms with van der Waals surface area (Å²) in [6, 6.07) is 0. The number of hydrogen-bond donors (Lipinski definition) is 0. The number of nitrogens with zero attached hydrogens (tertiary/aromatic N) is 1. The van der Waals surface area contributed by atoms with Crippen molar-refractivity contribution in [3.63, 3.8) is 0 Å². The second-order valence-electron chi connectivity index (χ2n) is 3.99. The van der Waals surface area contributed by atoms with Crippen LogP contribution in [0.4, 0.5) is 0 Å². The maximum Gasteiger partial charge on any atom is 0.269 e. The first-order valence-electron chi connectivity index (χ1n) is 5.43. The Morgan fingerprint density at radius 2 is 2.13 bits per heavy atom. The standard InChI is InChI=1S/C11H13NOS2/c14-11-12-8-4-2-1-3-5-9(8)15-10(12)6-7-13-11/h6H,1-5,7H2. The van der Waals surface area contributed by atoms with Crippen molar-refractivity contribution in [1.82, 2.24) is 4.90 Å². The lowest BCUT2D eigenvalue weighted by atomic mass is 10.2. The van der Waals surface area contributed by atoms with Crippen molar-refractivity contribution in [3.05, 3.63) is 21.7 Å². The fourth-order valence-electron chi connectivity index (χ4n) is 2.27. The van der Waals surface area contributed by atoms with E-state index in [-0.39, 0.29) is 0 Å². The van der Waals surface area contributed by atoms with Gasteiger partial charge in [-0.05, 0) is 44.0 Å². The average Bonchev–Trinajstić information content (AvgIpc) is 2.43. The summed E-state index contributed by atoms with van der Waals surface area (Å²) in [5.74, 6) is 0. The minimum absolute atomic E-state index is 0.637. The fourth-order valence-corrected chi connectivity index (χ4v) is 3.85. The zero-order valence-corrected chi connectivity index (χ0v) is 10.1. The van der Waals surface area contributed by atoms with Crippen molar-refractivity contribution in [2.24, 2.45) is 0 Å². The number of allylic oxidation sites excluding steroid dienone is 2. The summed E-state index contributed by atoms with van der Waals surface area (Å²) in [5, 5.41) is 1.92. The molecule has 0 aromatic rings. The molecule has 0 atom stereocenters. The van der Waals surface area contributed by atoms with E-state index in [1.807, 2.05) is 11.8 Å². The van der Waals surface area contributed by atoms with Gasteiger partial charge in [0.25, 0.3) is 5.17 Å². The molecule has 1 aliphatic carbocycles.